The van der Waals surface area contributed by atoms with Crippen LogP contribution in [0.25, 0.3) is 0 Å². The second-order valence-electron chi connectivity index (χ2n) is 6.49. The van der Waals surface area contributed by atoms with E-state index in [1.807, 2.05) is 27.7 Å². The van der Waals surface area contributed by atoms with E-state index in [-0.39, 0.29) is 0 Å². The molecule has 0 amide bonds. The maximum Gasteiger partial charge on any atom is 0.00642 e. The molecule has 2 N–H and O–H groups in total. The van der Waals surface area contributed by atoms with E-state index in [2.05, 4.69) is 38.6 Å². The molecule has 0 radical (unpaired) electrons. The molecule has 2 aliphatic carbocycles. The summed E-state index contributed by atoms with van der Waals surface area (Å²) in [6.45, 7) is 12.7. The van der Waals surface area contributed by atoms with Crippen molar-refractivity contribution in [2.24, 2.45) is 11.8 Å². The summed E-state index contributed by atoms with van der Waals surface area (Å²) in [5.74, 6) is 1.96. The van der Waals surface area contributed by atoms with E-state index >= 15 is 0 Å². The highest BCUT2D eigenvalue weighted by Crippen LogP contribution is 2.23. The quantitative estimate of drug-likeness (QED) is 0.691. The number of hydrogen-bond donors (Lipinski definition) is 2. The largest absolute Gasteiger partial charge is 0.317 e. The van der Waals surface area contributed by atoms with Gasteiger partial charge in [-0.2, -0.15) is 0 Å². The monoisotopic (exact) mass is 314 g/mol. The third kappa shape index (κ3) is 12.5. The van der Waals surface area contributed by atoms with Crippen LogP contribution >= 0.6 is 0 Å². The Labute approximate surface area is 142 Å². The summed E-state index contributed by atoms with van der Waals surface area (Å²) in [7, 11) is 4.14. The zero-order valence-corrected chi connectivity index (χ0v) is 17.0. The van der Waals surface area contributed by atoms with Crippen molar-refractivity contribution in [3.05, 3.63) is 0 Å². The number of nitrogens with one attached hydrogen (secondary N) is 2. The fourth-order valence-corrected chi connectivity index (χ4v) is 3.10. The third-order valence-corrected chi connectivity index (χ3v) is 4.85. The molecule has 0 aromatic heterocycles. The molecule has 0 spiro atoms. The van der Waals surface area contributed by atoms with Crippen LogP contribution in [0.4, 0.5) is 0 Å². The molecule has 0 saturated heterocycles. The predicted molar refractivity (Wildman–Crippen MR) is 104 cm³/mol. The van der Waals surface area contributed by atoms with Crippen LogP contribution in [0.1, 0.15) is 92.9 Å². The van der Waals surface area contributed by atoms with Crippen LogP contribution in [0.3, 0.4) is 0 Å². The van der Waals surface area contributed by atoms with Gasteiger partial charge in [0.05, 0.1) is 0 Å². The second kappa shape index (κ2) is 17.3. The Morgan fingerprint density at radius 1 is 0.500 bits per heavy atom. The fraction of sp³-hybridized carbons (Fsp3) is 1.00. The summed E-state index contributed by atoms with van der Waals surface area (Å²) >= 11 is 0. The van der Waals surface area contributed by atoms with Gasteiger partial charge in [0.15, 0.2) is 0 Å². The molecule has 2 saturated carbocycles. The van der Waals surface area contributed by atoms with E-state index in [9.17, 15) is 0 Å². The van der Waals surface area contributed by atoms with Crippen molar-refractivity contribution >= 4 is 0 Å². The zero-order chi connectivity index (χ0) is 17.4. The van der Waals surface area contributed by atoms with Gasteiger partial charge < -0.3 is 10.6 Å². The van der Waals surface area contributed by atoms with E-state index < -0.39 is 0 Å². The molecule has 2 fully saturated rings. The van der Waals surface area contributed by atoms with Crippen molar-refractivity contribution in [3.8, 4) is 0 Å². The first-order chi connectivity index (χ1) is 10.7. The van der Waals surface area contributed by atoms with Crippen molar-refractivity contribution in [1.82, 2.24) is 10.6 Å². The lowest BCUT2D eigenvalue weighted by molar-refractivity contribution is 0.319. The first kappa shape index (κ1) is 24.2. The molecule has 0 bridgehead atoms. The van der Waals surface area contributed by atoms with Gasteiger partial charge in [0, 0.05) is 12.1 Å². The Kier molecular flexibility index (Phi) is 19.0. The van der Waals surface area contributed by atoms with Crippen LogP contribution in [-0.2, 0) is 0 Å². The summed E-state index contributed by atoms with van der Waals surface area (Å²) in [6.07, 6.45) is 11.2. The van der Waals surface area contributed by atoms with Gasteiger partial charge >= 0.3 is 0 Å². The molecule has 0 heterocycles. The van der Waals surface area contributed by atoms with E-state index in [1.165, 1.54) is 51.4 Å². The topological polar surface area (TPSA) is 24.1 Å². The average Bonchev–Trinajstić information content (AvgIpc) is 2.60. The van der Waals surface area contributed by atoms with Crippen LogP contribution < -0.4 is 10.6 Å². The molecule has 0 aromatic rings. The van der Waals surface area contributed by atoms with Gasteiger partial charge in [0.25, 0.3) is 0 Å². The number of hydrogen-bond acceptors (Lipinski definition) is 2. The standard InChI is InChI=1S/2C8H17N.2C2H6/c2*1-7-3-5-8(9-2)6-4-7;2*1-2/h2*7-9H,3-6H2,1-2H3;2*1-2H3. The summed E-state index contributed by atoms with van der Waals surface area (Å²) in [5, 5.41) is 6.65. The molecule has 0 aliphatic heterocycles. The normalized spacial score (nSPS) is 30.5. The Balaban J connectivity index is 0. The van der Waals surface area contributed by atoms with Gasteiger partial charge in [-0.3, -0.25) is 0 Å². The van der Waals surface area contributed by atoms with Crippen molar-refractivity contribution in [3.63, 3.8) is 0 Å². The second-order valence-corrected chi connectivity index (χ2v) is 6.49. The van der Waals surface area contributed by atoms with Gasteiger partial charge in [-0.15, -0.1) is 0 Å². The van der Waals surface area contributed by atoms with E-state index in [1.54, 1.807) is 0 Å². The smallest absolute Gasteiger partial charge is 0.00642 e. The first-order valence-electron chi connectivity index (χ1n) is 10.00. The lowest BCUT2D eigenvalue weighted by Crippen LogP contribution is -2.29. The van der Waals surface area contributed by atoms with Crippen molar-refractivity contribution in [2.45, 2.75) is 105 Å². The molecular formula is C20H46N2. The van der Waals surface area contributed by atoms with Crippen molar-refractivity contribution in [1.29, 1.82) is 0 Å². The Morgan fingerprint density at radius 2 is 0.727 bits per heavy atom. The minimum Gasteiger partial charge on any atom is -0.317 e. The van der Waals surface area contributed by atoms with Crippen LogP contribution in [0.2, 0.25) is 0 Å². The van der Waals surface area contributed by atoms with Crippen molar-refractivity contribution < 1.29 is 0 Å². The average molecular weight is 315 g/mol. The Morgan fingerprint density at radius 3 is 0.909 bits per heavy atom. The molecule has 2 aliphatic rings. The highest BCUT2D eigenvalue weighted by atomic mass is 14.9. The van der Waals surface area contributed by atoms with E-state index in [0.29, 0.717) is 0 Å². The van der Waals surface area contributed by atoms with Crippen molar-refractivity contribution in [2.75, 3.05) is 14.1 Å². The molecule has 2 heteroatoms. The lowest BCUT2D eigenvalue weighted by atomic mass is 9.87. The molecule has 0 aromatic carbocycles. The van der Waals surface area contributed by atoms with E-state index in [4.69, 9.17) is 0 Å². The SMILES string of the molecule is CC.CC.CNC1CCC(C)CC1.CNC1CCC(C)CC1. The third-order valence-electron chi connectivity index (χ3n) is 4.85. The highest BCUT2D eigenvalue weighted by Gasteiger charge is 2.16. The lowest BCUT2D eigenvalue weighted by Gasteiger charge is -2.25. The molecule has 136 valence electrons. The van der Waals surface area contributed by atoms with Gasteiger partial charge in [-0.1, -0.05) is 41.5 Å². The van der Waals surface area contributed by atoms with Crippen LogP contribution in [0.15, 0.2) is 0 Å². The highest BCUT2D eigenvalue weighted by molar-refractivity contribution is 4.73. The van der Waals surface area contributed by atoms with Gasteiger partial charge in [0.2, 0.25) is 0 Å². The summed E-state index contributed by atoms with van der Waals surface area (Å²) in [5.41, 5.74) is 0. The fourth-order valence-electron chi connectivity index (χ4n) is 3.10. The number of rotatable bonds is 2. The van der Waals surface area contributed by atoms with Gasteiger partial charge in [-0.25, -0.2) is 0 Å². The summed E-state index contributed by atoms with van der Waals surface area (Å²) < 4.78 is 0. The summed E-state index contributed by atoms with van der Waals surface area (Å²) in [4.78, 5) is 0. The predicted octanol–water partition coefficient (Wildman–Crippen LogP) is 5.62. The Hall–Kier alpha value is -0.0800. The molecule has 2 nitrogen and oxygen atoms in total. The molecule has 2 rings (SSSR count). The van der Waals surface area contributed by atoms with Gasteiger partial charge in [0.1, 0.15) is 0 Å². The maximum atomic E-state index is 3.32. The van der Waals surface area contributed by atoms with Gasteiger partial charge in [-0.05, 0) is 77.3 Å². The maximum absolute atomic E-state index is 3.32. The summed E-state index contributed by atoms with van der Waals surface area (Å²) in [6, 6.07) is 1.64. The van der Waals surface area contributed by atoms with E-state index in [0.717, 1.165) is 23.9 Å². The van der Waals surface area contributed by atoms with Crippen LogP contribution in [0, 0.1) is 11.8 Å². The first-order valence-corrected chi connectivity index (χ1v) is 10.00. The Bertz CT molecular complexity index is 168. The van der Waals surface area contributed by atoms with Crippen LogP contribution in [-0.4, -0.2) is 26.2 Å². The minimum absolute atomic E-state index is 0.821. The molecule has 0 unspecified atom stereocenters. The zero-order valence-electron chi connectivity index (χ0n) is 17.0. The molecule has 22 heavy (non-hydrogen) atoms. The molecule has 0 atom stereocenters. The minimum atomic E-state index is 0.821. The van der Waals surface area contributed by atoms with Crippen LogP contribution in [0.5, 0.6) is 0 Å². The molecular weight excluding hydrogens is 268 g/mol.